The number of benzene rings is 2. The fraction of sp³-hybridized carbons (Fsp3) is 0.263. The molecule has 2 aromatic rings. The molecule has 2 aromatic carbocycles. The van der Waals surface area contributed by atoms with E-state index in [2.05, 4.69) is 15.9 Å². The number of hydrogen-bond acceptors (Lipinski definition) is 3. The van der Waals surface area contributed by atoms with E-state index in [4.69, 9.17) is 16.3 Å². The number of hydrogen-bond donors (Lipinski definition) is 1. The van der Waals surface area contributed by atoms with Crippen LogP contribution in [0, 0.1) is 0 Å². The molecule has 0 radical (unpaired) electrons. The third-order valence-electron chi connectivity index (χ3n) is 3.71. The number of carbonyl (C=O) groups is 2. The second kappa shape index (κ2) is 9.59. The molecule has 1 atom stereocenters. The largest absolute Gasteiger partial charge is 0.479 e. The Labute approximate surface area is 165 Å². The van der Waals surface area contributed by atoms with Crippen molar-refractivity contribution in [2.24, 2.45) is 0 Å². The van der Waals surface area contributed by atoms with Gasteiger partial charge in [-0.25, -0.2) is 9.59 Å². The van der Waals surface area contributed by atoms with Crippen molar-refractivity contribution < 1.29 is 19.4 Å². The van der Waals surface area contributed by atoms with E-state index in [0.29, 0.717) is 21.5 Å². The summed E-state index contributed by atoms with van der Waals surface area (Å²) in [6, 6.07) is 12.9. The summed E-state index contributed by atoms with van der Waals surface area (Å²) >= 11 is 9.37. The number of amides is 1. The topological polar surface area (TPSA) is 66.8 Å². The van der Waals surface area contributed by atoms with Gasteiger partial charge in [-0.2, -0.15) is 0 Å². The lowest BCUT2D eigenvalue weighted by Gasteiger charge is -2.28. The minimum atomic E-state index is -1.18. The van der Waals surface area contributed by atoms with E-state index in [1.165, 1.54) is 11.0 Å². The van der Waals surface area contributed by atoms with Crippen LogP contribution >= 0.6 is 27.5 Å². The zero-order valence-corrected chi connectivity index (χ0v) is 16.5. The fourth-order valence-electron chi connectivity index (χ4n) is 2.51. The predicted molar refractivity (Wildman–Crippen MR) is 103 cm³/mol. The van der Waals surface area contributed by atoms with Gasteiger partial charge in [0.2, 0.25) is 0 Å². The van der Waals surface area contributed by atoms with Crippen LogP contribution in [0.2, 0.25) is 5.02 Å². The molecule has 1 unspecified atom stereocenters. The molecule has 0 aromatic heterocycles. The molecule has 1 amide bonds. The van der Waals surface area contributed by atoms with Crippen LogP contribution in [-0.2, 0) is 16.1 Å². The minimum absolute atomic E-state index is 0.0767. The third kappa shape index (κ3) is 5.22. The molecule has 0 aliphatic heterocycles. The number of nitrogens with zero attached hydrogens (tertiary/aromatic N) is 1. The predicted octanol–water partition coefficient (Wildman–Crippen LogP) is 5.28. The lowest BCUT2D eigenvalue weighted by molar-refractivity contribution is -0.143. The van der Waals surface area contributed by atoms with Crippen molar-refractivity contribution in [1.29, 1.82) is 0 Å². The number of rotatable bonds is 7. The van der Waals surface area contributed by atoms with E-state index in [0.717, 1.165) is 5.56 Å². The van der Waals surface area contributed by atoms with E-state index in [-0.39, 0.29) is 13.2 Å². The zero-order chi connectivity index (χ0) is 19.1. The average molecular weight is 441 g/mol. The molecular weight excluding hydrogens is 422 g/mol. The fourth-order valence-corrected chi connectivity index (χ4v) is 2.94. The van der Waals surface area contributed by atoms with Crippen molar-refractivity contribution in [1.82, 2.24) is 4.90 Å². The number of aliphatic carboxylic acids is 1. The first-order chi connectivity index (χ1) is 12.4. The summed E-state index contributed by atoms with van der Waals surface area (Å²) in [6.45, 7) is 2.19. The molecule has 0 spiro atoms. The molecule has 7 heteroatoms. The van der Waals surface area contributed by atoms with Crippen LogP contribution in [0.15, 0.2) is 53.0 Å². The normalized spacial score (nSPS) is 11.7. The lowest BCUT2D eigenvalue weighted by Crippen LogP contribution is -2.39. The Kier molecular flexibility index (Phi) is 7.48. The Balaban J connectivity index is 2.23. The van der Waals surface area contributed by atoms with Gasteiger partial charge < -0.3 is 9.84 Å². The lowest BCUT2D eigenvalue weighted by atomic mass is 10.1. The van der Waals surface area contributed by atoms with Gasteiger partial charge in [-0.05, 0) is 45.6 Å². The summed E-state index contributed by atoms with van der Waals surface area (Å²) in [7, 11) is 0. The van der Waals surface area contributed by atoms with Gasteiger partial charge in [0.1, 0.15) is 6.61 Å². The smallest absolute Gasteiger partial charge is 0.411 e. The van der Waals surface area contributed by atoms with Gasteiger partial charge in [0, 0.05) is 11.0 Å². The quantitative estimate of drug-likeness (QED) is 0.636. The highest BCUT2D eigenvalue weighted by molar-refractivity contribution is 9.10. The Bertz CT molecular complexity index is 769. The van der Waals surface area contributed by atoms with Crippen LogP contribution in [0.25, 0.3) is 0 Å². The highest BCUT2D eigenvalue weighted by Gasteiger charge is 2.32. The van der Waals surface area contributed by atoms with Gasteiger partial charge >= 0.3 is 12.1 Å². The second-order valence-electron chi connectivity index (χ2n) is 5.65. The van der Waals surface area contributed by atoms with Gasteiger partial charge in [-0.15, -0.1) is 0 Å². The van der Waals surface area contributed by atoms with Crippen LogP contribution in [0.4, 0.5) is 4.79 Å². The SMILES string of the molecule is CCCN(C(=O)OCc1ccccc1)C(C(=O)O)c1ccc(Br)c(Cl)c1. The molecule has 0 bridgehead atoms. The Morgan fingerprint density at radius 2 is 1.92 bits per heavy atom. The standard InChI is InChI=1S/C19H19BrClNO4/c1-2-10-22(19(25)26-12-13-6-4-3-5-7-13)17(18(23)24)14-8-9-15(20)16(21)11-14/h3-9,11,17H,2,10,12H2,1H3,(H,23,24). The molecule has 0 fully saturated rings. The Morgan fingerprint density at radius 3 is 2.50 bits per heavy atom. The zero-order valence-electron chi connectivity index (χ0n) is 14.2. The molecule has 138 valence electrons. The summed E-state index contributed by atoms with van der Waals surface area (Å²) in [4.78, 5) is 25.7. The summed E-state index contributed by atoms with van der Waals surface area (Å²) < 4.78 is 5.98. The van der Waals surface area contributed by atoms with Gasteiger partial charge in [-0.3, -0.25) is 4.90 Å². The van der Waals surface area contributed by atoms with Crippen LogP contribution in [0.3, 0.4) is 0 Å². The first-order valence-corrected chi connectivity index (χ1v) is 9.26. The number of ether oxygens (including phenoxy) is 1. The molecule has 0 aliphatic carbocycles. The maximum atomic E-state index is 12.6. The minimum Gasteiger partial charge on any atom is -0.479 e. The highest BCUT2D eigenvalue weighted by Crippen LogP contribution is 2.29. The van der Waals surface area contributed by atoms with Crippen LogP contribution in [-0.4, -0.2) is 28.6 Å². The first kappa shape index (κ1) is 20.3. The second-order valence-corrected chi connectivity index (χ2v) is 6.91. The van der Waals surface area contributed by atoms with E-state index in [1.54, 1.807) is 12.1 Å². The molecular formula is C19H19BrClNO4. The van der Waals surface area contributed by atoms with Crippen LogP contribution in [0.5, 0.6) is 0 Å². The summed E-state index contributed by atoms with van der Waals surface area (Å²) in [6.07, 6.45) is -0.0868. The van der Waals surface area contributed by atoms with Gasteiger partial charge in [0.25, 0.3) is 0 Å². The number of carboxylic acid groups (broad SMARTS) is 1. The van der Waals surface area contributed by atoms with Crippen LogP contribution in [0.1, 0.15) is 30.5 Å². The summed E-state index contributed by atoms with van der Waals surface area (Å²) in [5.41, 5.74) is 1.24. The molecule has 26 heavy (non-hydrogen) atoms. The maximum Gasteiger partial charge on any atom is 0.411 e. The summed E-state index contributed by atoms with van der Waals surface area (Å²) in [5, 5.41) is 10.1. The molecule has 0 saturated carbocycles. The third-order valence-corrected chi connectivity index (χ3v) is 4.94. The number of carbonyl (C=O) groups excluding carboxylic acids is 1. The molecule has 1 N–H and O–H groups in total. The van der Waals surface area contributed by atoms with Crippen molar-refractivity contribution >= 4 is 39.6 Å². The summed E-state index contributed by atoms with van der Waals surface area (Å²) in [5.74, 6) is -1.14. The van der Waals surface area contributed by atoms with E-state index in [1.807, 2.05) is 37.3 Å². The van der Waals surface area contributed by atoms with Gasteiger partial charge in [-0.1, -0.05) is 54.9 Å². The first-order valence-electron chi connectivity index (χ1n) is 8.09. The molecule has 0 heterocycles. The van der Waals surface area contributed by atoms with Crippen molar-refractivity contribution in [3.05, 3.63) is 69.2 Å². The van der Waals surface area contributed by atoms with Gasteiger partial charge in [0.05, 0.1) is 5.02 Å². The molecule has 0 aliphatic rings. The molecule has 0 saturated heterocycles. The van der Waals surface area contributed by atoms with E-state index in [9.17, 15) is 14.7 Å². The van der Waals surface area contributed by atoms with Crippen molar-refractivity contribution in [2.75, 3.05) is 6.54 Å². The van der Waals surface area contributed by atoms with E-state index < -0.39 is 18.1 Å². The highest BCUT2D eigenvalue weighted by atomic mass is 79.9. The Hall–Kier alpha value is -2.05. The van der Waals surface area contributed by atoms with Crippen molar-refractivity contribution in [3.8, 4) is 0 Å². The van der Waals surface area contributed by atoms with Crippen molar-refractivity contribution in [2.45, 2.75) is 26.0 Å². The maximum absolute atomic E-state index is 12.6. The Morgan fingerprint density at radius 1 is 1.23 bits per heavy atom. The number of halogens is 2. The molecule has 5 nitrogen and oxygen atoms in total. The van der Waals surface area contributed by atoms with E-state index >= 15 is 0 Å². The number of carboxylic acids is 1. The van der Waals surface area contributed by atoms with Gasteiger partial charge in [0.15, 0.2) is 6.04 Å². The average Bonchev–Trinajstić information content (AvgIpc) is 2.63. The monoisotopic (exact) mass is 439 g/mol. The molecule has 2 rings (SSSR count). The van der Waals surface area contributed by atoms with Crippen molar-refractivity contribution in [3.63, 3.8) is 0 Å². The van der Waals surface area contributed by atoms with Crippen LogP contribution < -0.4 is 0 Å².